The average Bonchev–Trinajstić information content (AvgIpc) is 2.63. The van der Waals surface area contributed by atoms with Gasteiger partial charge in [-0.25, -0.2) is 4.79 Å². The Hall–Kier alpha value is -2.51. The summed E-state index contributed by atoms with van der Waals surface area (Å²) in [6.07, 6.45) is 5.02. The third-order valence-electron chi connectivity index (χ3n) is 3.03. The van der Waals surface area contributed by atoms with Crippen molar-refractivity contribution in [3.05, 3.63) is 70.1 Å². The van der Waals surface area contributed by atoms with Crippen molar-refractivity contribution in [3.63, 3.8) is 0 Å². The highest BCUT2D eigenvalue weighted by Crippen LogP contribution is 2.20. The molecule has 0 aliphatic rings. The maximum atomic E-state index is 12.0. The van der Waals surface area contributed by atoms with Crippen molar-refractivity contribution < 1.29 is 19.2 Å². The monoisotopic (exact) mass is 390 g/mol. The number of benzene rings is 1. The summed E-state index contributed by atoms with van der Waals surface area (Å²) in [6, 6.07) is 11.0. The van der Waals surface area contributed by atoms with E-state index in [1.54, 1.807) is 18.5 Å². The summed E-state index contributed by atoms with van der Waals surface area (Å²) in [5, 5.41) is 0.846. The number of aromatic nitrogens is 1. The molecule has 0 saturated heterocycles. The minimum atomic E-state index is -0.703. The summed E-state index contributed by atoms with van der Waals surface area (Å²) in [6.45, 7) is 0.127. The van der Waals surface area contributed by atoms with E-state index in [-0.39, 0.29) is 12.3 Å². The maximum absolute atomic E-state index is 12.0. The van der Waals surface area contributed by atoms with E-state index < -0.39 is 5.97 Å². The van der Waals surface area contributed by atoms with Crippen molar-refractivity contribution >= 4 is 34.4 Å². The molecule has 0 saturated carbocycles. The molecule has 7 heteroatoms. The SMILES string of the molecule is COC(=O)C(=Cc1cnccc1Br)N(C=O)OCc1ccccc1. The van der Waals surface area contributed by atoms with E-state index in [4.69, 9.17) is 9.57 Å². The van der Waals surface area contributed by atoms with Crippen molar-refractivity contribution in [2.24, 2.45) is 0 Å². The molecule has 0 unspecified atom stereocenters. The number of hydrogen-bond donors (Lipinski definition) is 0. The first-order valence-electron chi connectivity index (χ1n) is 6.96. The smallest absolute Gasteiger partial charge is 0.357 e. The fourth-order valence-corrected chi connectivity index (χ4v) is 2.17. The highest BCUT2D eigenvalue weighted by Gasteiger charge is 2.20. The molecule has 0 aliphatic heterocycles. The Balaban J connectivity index is 2.26. The fraction of sp³-hybridized carbons (Fsp3) is 0.118. The van der Waals surface area contributed by atoms with Gasteiger partial charge in [0, 0.05) is 22.4 Å². The Bertz CT molecular complexity index is 734. The number of pyridine rings is 1. The molecule has 1 heterocycles. The van der Waals surface area contributed by atoms with Crippen molar-refractivity contribution in [1.29, 1.82) is 0 Å². The van der Waals surface area contributed by atoms with Gasteiger partial charge in [-0.15, -0.1) is 0 Å². The summed E-state index contributed by atoms with van der Waals surface area (Å²) in [5.41, 5.74) is 1.40. The molecule has 0 N–H and O–H groups in total. The number of ether oxygens (including phenoxy) is 1. The molecule has 24 heavy (non-hydrogen) atoms. The summed E-state index contributed by atoms with van der Waals surface area (Å²) in [7, 11) is 1.23. The highest BCUT2D eigenvalue weighted by atomic mass is 79.9. The zero-order valence-electron chi connectivity index (χ0n) is 12.9. The molecule has 124 valence electrons. The van der Waals surface area contributed by atoms with Crippen LogP contribution in [0.15, 0.2) is 59.0 Å². The van der Waals surface area contributed by atoms with Crippen LogP contribution in [0.4, 0.5) is 0 Å². The maximum Gasteiger partial charge on any atom is 0.357 e. The minimum Gasteiger partial charge on any atom is -0.464 e. The zero-order valence-corrected chi connectivity index (χ0v) is 14.5. The van der Waals surface area contributed by atoms with Crippen LogP contribution in [-0.4, -0.2) is 29.5 Å². The van der Waals surface area contributed by atoms with Gasteiger partial charge in [0.2, 0.25) is 6.41 Å². The van der Waals surface area contributed by atoms with Gasteiger partial charge < -0.3 is 4.74 Å². The van der Waals surface area contributed by atoms with Crippen LogP contribution in [-0.2, 0) is 25.8 Å². The number of nitrogens with zero attached hydrogens (tertiary/aromatic N) is 2. The third kappa shape index (κ3) is 4.74. The molecule has 1 amide bonds. The second kappa shape index (κ2) is 8.95. The van der Waals surface area contributed by atoms with Crippen LogP contribution >= 0.6 is 15.9 Å². The third-order valence-corrected chi connectivity index (χ3v) is 3.75. The largest absolute Gasteiger partial charge is 0.464 e. The van der Waals surface area contributed by atoms with Crippen LogP contribution in [0.2, 0.25) is 0 Å². The fourth-order valence-electron chi connectivity index (χ4n) is 1.84. The van der Waals surface area contributed by atoms with Gasteiger partial charge in [-0.05, 0) is 17.7 Å². The van der Waals surface area contributed by atoms with Gasteiger partial charge >= 0.3 is 5.97 Å². The second-order valence-electron chi connectivity index (χ2n) is 4.61. The molecule has 6 nitrogen and oxygen atoms in total. The van der Waals surface area contributed by atoms with Crippen molar-refractivity contribution in [3.8, 4) is 0 Å². The Morgan fingerprint density at radius 2 is 2.04 bits per heavy atom. The highest BCUT2D eigenvalue weighted by molar-refractivity contribution is 9.10. The van der Waals surface area contributed by atoms with Crippen LogP contribution in [0.25, 0.3) is 6.08 Å². The topological polar surface area (TPSA) is 68.7 Å². The van der Waals surface area contributed by atoms with Gasteiger partial charge in [-0.1, -0.05) is 46.3 Å². The van der Waals surface area contributed by atoms with E-state index in [2.05, 4.69) is 20.9 Å². The van der Waals surface area contributed by atoms with Crippen molar-refractivity contribution in [2.45, 2.75) is 6.61 Å². The summed E-state index contributed by atoms with van der Waals surface area (Å²) >= 11 is 3.36. The zero-order chi connectivity index (χ0) is 17.4. The molecule has 2 aromatic rings. The Morgan fingerprint density at radius 3 is 2.67 bits per heavy atom. The average molecular weight is 391 g/mol. The Morgan fingerprint density at radius 1 is 1.29 bits per heavy atom. The lowest BCUT2D eigenvalue weighted by Crippen LogP contribution is -2.27. The number of carbonyl (C=O) groups excluding carboxylic acids is 2. The van der Waals surface area contributed by atoms with Crippen LogP contribution in [0.5, 0.6) is 0 Å². The van der Waals surface area contributed by atoms with Gasteiger partial charge in [0.25, 0.3) is 0 Å². The predicted octanol–water partition coefficient (Wildman–Crippen LogP) is 2.95. The van der Waals surface area contributed by atoms with Crippen LogP contribution < -0.4 is 0 Å². The van der Waals surface area contributed by atoms with Gasteiger partial charge in [-0.3, -0.25) is 14.6 Å². The quantitative estimate of drug-likeness (QED) is 0.314. The van der Waals surface area contributed by atoms with Gasteiger partial charge in [0.1, 0.15) is 6.61 Å². The van der Waals surface area contributed by atoms with E-state index >= 15 is 0 Å². The van der Waals surface area contributed by atoms with E-state index in [1.807, 2.05) is 30.3 Å². The van der Waals surface area contributed by atoms with Crippen LogP contribution in [0.3, 0.4) is 0 Å². The first kappa shape index (κ1) is 17.8. The predicted molar refractivity (Wildman–Crippen MR) is 91.1 cm³/mol. The second-order valence-corrected chi connectivity index (χ2v) is 5.46. The number of amides is 1. The molecule has 0 radical (unpaired) electrons. The van der Waals surface area contributed by atoms with E-state index in [1.165, 1.54) is 13.2 Å². The molecule has 1 aromatic heterocycles. The summed E-state index contributed by atoms with van der Waals surface area (Å²) < 4.78 is 5.45. The minimum absolute atomic E-state index is 0.0582. The molecule has 0 aliphatic carbocycles. The van der Waals surface area contributed by atoms with Crippen LogP contribution in [0, 0.1) is 0 Å². The van der Waals surface area contributed by atoms with Gasteiger partial charge in [-0.2, -0.15) is 5.06 Å². The molecule has 0 atom stereocenters. The van der Waals surface area contributed by atoms with Gasteiger partial charge in [0.15, 0.2) is 5.70 Å². The molecular weight excluding hydrogens is 376 g/mol. The number of rotatable bonds is 7. The Kier molecular flexibility index (Phi) is 6.65. The normalized spacial score (nSPS) is 11.0. The number of carbonyl (C=O) groups is 2. The molecular formula is C17H15BrN2O4. The van der Waals surface area contributed by atoms with E-state index in [0.717, 1.165) is 10.6 Å². The standard InChI is InChI=1S/C17H15BrN2O4/c1-23-17(22)16(9-14-10-19-8-7-15(14)18)20(12-21)24-11-13-5-3-2-4-6-13/h2-10,12H,11H2,1H3. The Labute approximate surface area is 147 Å². The number of hydroxylamine groups is 2. The number of methoxy groups -OCH3 is 1. The van der Waals surface area contributed by atoms with Gasteiger partial charge in [0.05, 0.1) is 7.11 Å². The van der Waals surface area contributed by atoms with Crippen molar-refractivity contribution in [1.82, 2.24) is 10.0 Å². The molecule has 1 aromatic carbocycles. The lowest BCUT2D eigenvalue weighted by atomic mass is 10.2. The lowest BCUT2D eigenvalue weighted by molar-refractivity contribution is -0.172. The van der Waals surface area contributed by atoms with Crippen LogP contribution in [0.1, 0.15) is 11.1 Å². The van der Waals surface area contributed by atoms with E-state index in [0.29, 0.717) is 16.4 Å². The van der Waals surface area contributed by atoms with E-state index in [9.17, 15) is 9.59 Å². The first-order valence-corrected chi connectivity index (χ1v) is 7.76. The number of esters is 1. The molecule has 2 rings (SSSR count). The first-order chi connectivity index (χ1) is 11.7. The lowest BCUT2D eigenvalue weighted by Gasteiger charge is -2.18. The molecule has 0 fully saturated rings. The number of halogens is 1. The number of hydrogen-bond acceptors (Lipinski definition) is 5. The van der Waals surface area contributed by atoms with Crippen molar-refractivity contribution in [2.75, 3.05) is 7.11 Å². The summed E-state index contributed by atoms with van der Waals surface area (Å²) in [5.74, 6) is -0.703. The molecule has 0 bridgehead atoms. The molecule has 0 spiro atoms. The summed E-state index contributed by atoms with van der Waals surface area (Å²) in [4.78, 5) is 32.8.